The number of hydrogen-bond donors (Lipinski definition) is 0. The molecule has 0 aliphatic heterocycles. The van der Waals surface area contributed by atoms with E-state index in [1.165, 1.54) is 61.2 Å². The zero-order valence-electron chi connectivity index (χ0n) is 23.7. The van der Waals surface area contributed by atoms with Crippen molar-refractivity contribution in [2.45, 2.75) is 19.8 Å². The molecular formula is C41H34. The molecule has 0 heterocycles. The lowest BCUT2D eigenvalue weighted by molar-refractivity contribution is 0.928. The van der Waals surface area contributed by atoms with Crippen molar-refractivity contribution < 1.29 is 0 Å². The third-order valence-corrected chi connectivity index (χ3v) is 8.00. The summed E-state index contributed by atoms with van der Waals surface area (Å²) in [5.41, 5.74) is 14.8. The van der Waals surface area contributed by atoms with Crippen LogP contribution >= 0.6 is 0 Å². The maximum Gasteiger partial charge on any atom is 0.00737 e. The first-order valence-electron chi connectivity index (χ1n) is 14.3. The molecule has 0 aliphatic rings. The quantitative estimate of drug-likeness (QED) is 0.194. The van der Waals surface area contributed by atoms with Gasteiger partial charge in [-0.15, -0.1) is 0 Å². The second-order valence-corrected chi connectivity index (χ2v) is 10.8. The van der Waals surface area contributed by atoms with E-state index in [1.54, 1.807) is 0 Å². The molecule has 6 aromatic rings. The highest BCUT2D eigenvalue weighted by Crippen LogP contribution is 2.43. The fourth-order valence-corrected chi connectivity index (χ4v) is 5.83. The molecule has 0 radical (unpaired) electrons. The van der Waals surface area contributed by atoms with Crippen molar-refractivity contribution in [1.29, 1.82) is 0 Å². The second-order valence-electron chi connectivity index (χ2n) is 10.8. The van der Waals surface area contributed by atoms with Crippen LogP contribution < -0.4 is 0 Å². The SMILES string of the molecule is C=C(C)c1cccc(-c2cccc([C@H](C)c3cc(-c4ccccc4)ccc3-c3ccccc3)c2-c2ccccc2)c1. The van der Waals surface area contributed by atoms with Crippen LogP contribution in [0.5, 0.6) is 0 Å². The van der Waals surface area contributed by atoms with Crippen molar-refractivity contribution in [3.8, 4) is 44.5 Å². The van der Waals surface area contributed by atoms with Gasteiger partial charge in [-0.05, 0) is 80.3 Å². The highest BCUT2D eigenvalue weighted by Gasteiger charge is 2.21. The normalized spacial score (nSPS) is 11.7. The third kappa shape index (κ3) is 5.42. The minimum atomic E-state index is 0.147. The van der Waals surface area contributed by atoms with Crippen LogP contribution in [0, 0.1) is 0 Å². The first-order valence-corrected chi connectivity index (χ1v) is 14.3. The Morgan fingerprint density at radius 2 is 1.05 bits per heavy atom. The Bertz CT molecular complexity index is 1790. The van der Waals surface area contributed by atoms with E-state index < -0.39 is 0 Å². The molecule has 0 bridgehead atoms. The van der Waals surface area contributed by atoms with E-state index >= 15 is 0 Å². The minimum Gasteiger partial charge on any atom is -0.0955 e. The topological polar surface area (TPSA) is 0 Å². The van der Waals surface area contributed by atoms with Gasteiger partial charge in [-0.1, -0.05) is 159 Å². The lowest BCUT2D eigenvalue weighted by atomic mass is 9.80. The van der Waals surface area contributed by atoms with Crippen molar-refractivity contribution in [2.75, 3.05) is 0 Å². The molecule has 0 heteroatoms. The van der Waals surface area contributed by atoms with Crippen LogP contribution in [-0.4, -0.2) is 0 Å². The summed E-state index contributed by atoms with van der Waals surface area (Å²) in [5, 5.41) is 0. The molecule has 198 valence electrons. The van der Waals surface area contributed by atoms with Crippen LogP contribution in [0.3, 0.4) is 0 Å². The third-order valence-electron chi connectivity index (χ3n) is 8.00. The van der Waals surface area contributed by atoms with Crippen molar-refractivity contribution in [2.24, 2.45) is 0 Å². The van der Waals surface area contributed by atoms with Crippen molar-refractivity contribution in [3.63, 3.8) is 0 Å². The fraction of sp³-hybridized carbons (Fsp3) is 0.0732. The second kappa shape index (κ2) is 11.7. The van der Waals surface area contributed by atoms with Crippen LogP contribution in [0.4, 0.5) is 0 Å². The summed E-state index contributed by atoms with van der Waals surface area (Å²) >= 11 is 0. The molecule has 41 heavy (non-hydrogen) atoms. The van der Waals surface area contributed by atoms with Crippen molar-refractivity contribution in [1.82, 2.24) is 0 Å². The molecule has 0 nitrogen and oxygen atoms in total. The summed E-state index contributed by atoms with van der Waals surface area (Å²) in [5.74, 6) is 0.147. The van der Waals surface area contributed by atoms with Gasteiger partial charge >= 0.3 is 0 Å². The van der Waals surface area contributed by atoms with Crippen LogP contribution in [-0.2, 0) is 0 Å². The van der Waals surface area contributed by atoms with E-state index in [4.69, 9.17) is 0 Å². The smallest absolute Gasteiger partial charge is 0.00737 e. The van der Waals surface area contributed by atoms with E-state index in [0.717, 1.165) is 5.57 Å². The van der Waals surface area contributed by atoms with Gasteiger partial charge in [-0.25, -0.2) is 0 Å². The molecule has 6 rings (SSSR count). The predicted octanol–water partition coefficient (Wildman–Crippen LogP) is 11.5. The summed E-state index contributed by atoms with van der Waals surface area (Å²) in [4.78, 5) is 0. The molecule has 0 aromatic heterocycles. The predicted molar refractivity (Wildman–Crippen MR) is 177 cm³/mol. The molecule has 0 unspecified atom stereocenters. The Hall–Kier alpha value is -4.94. The van der Waals surface area contributed by atoms with Gasteiger partial charge in [0.25, 0.3) is 0 Å². The summed E-state index contributed by atoms with van der Waals surface area (Å²) < 4.78 is 0. The van der Waals surface area contributed by atoms with E-state index in [1.807, 2.05) is 0 Å². The molecule has 0 spiro atoms. The molecule has 0 fully saturated rings. The van der Waals surface area contributed by atoms with Gasteiger partial charge in [0.1, 0.15) is 0 Å². The molecule has 1 atom stereocenters. The Labute approximate surface area is 244 Å². The van der Waals surface area contributed by atoms with Crippen LogP contribution in [0.2, 0.25) is 0 Å². The molecule has 0 aliphatic carbocycles. The zero-order valence-corrected chi connectivity index (χ0v) is 23.7. The van der Waals surface area contributed by atoms with Gasteiger partial charge in [-0.3, -0.25) is 0 Å². The fourth-order valence-electron chi connectivity index (χ4n) is 5.83. The molecule has 0 N–H and O–H groups in total. The largest absolute Gasteiger partial charge is 0.0955 e. The highest BCUT2D eigenvalue weighted by atomic mass is 14.2. The summed E-state index contributed by atoms with van der Waals surface area (Å²) in [6.07, 6.45) is 0. The average Bonchev–Trinajstić information content (AvgIpc) is 3.05. The van der Waals surface area contributed by atoms with Crippen LogP contribution in [0.1, 0.15) is 36.5 Å². The van der Waals surface area contributed by atoms with Gasteiger partial charge in [-0.2, -0.15) is 0 Å². The van der Waals surface area contributed by atoms with E-state index in [2.05, 4.69) is 172 Å². The maximum absolute atomic E-state index is 4.20. The minimum absolute atomic E-state index is 0.147. The van der Waals surface area contributed by atoms with Crippen molar-refractivity contribution in [3.05, 3.63) is 175 Å². The summed E-state index contributed by atoms with van der Waals surface area (Å²) in [6, 6.07) is 54.8. The Kier molecular flexibility index (Phi) is 7.48. The lowest BCUT2D eigenvalue weighted by Crippen LogP contribution is -2.03. The number of rotatable bonds is 7. The van der Waals surface area contributed by atoms with Gasteiger partial charge < -0.3 is 0 Å². The summed E-state index contributed by atoms with van der Waals surface area (Å²) in [6.45, 7) is 8.62. The Morgan fingerprint density at radius 3 is 1.71 bits per heavy atom. The van der Waals surface area contributed by atoms with E-state index in [0.29, 0.717) is 0 Å². The van der Waals surface area contributed by atoms with E-state index in [9.17, 15) is 0 Å². The number of benzene rings is 6. The van der Waals surface area contributed by atoms with Crippen molar-refractivity contribution >= 4 is 5.57 Å². The first-order chi connectivity index (χ1) is 20.1. The molecule has 0 amide bonds. The highest BCUT2D eigenvalue weighted by molar-refractivity contribution is 5.88. The Balaban J connectivity index is 1.59. The molecule has 6 aromatic carbocycles. The van der Waals surface area contributed by atoms with Gasteiger partial charge in [0.15, 0.2) is 0 Å². The average molecular weight is 527 g/mol. The van der Waals surface area contributed by atoms with E-state index in [-0.39, 0.29) is 5.92 Å². The van der Waals surface area contributed by atoms with Crippen LogP contribution in [0.25, 0.3) is 50.1 Å². The number of hydrogen-bond acceptors (Lipinski definition) is 0. The monoisotopic (exact) mass is 526 g/mol. The zero-order chi connectivity index (χ0) is 28.2. The van der Waals surface area contributed by atoms with Gasteiger partial charge in [0.05, 0.1) is 0 Å². The first kappa shape index (κ1) is 26.3. The maximum atomic E-state index is 4.20. The molecule has 0 saturated heterocycles. The Morgan fingerprint density at radius 1 is 0.463 bits per heavy atom. The lowest BCUT2D eigenvalue weighted by Gasteiger charge is -2.24. The summed E-state index contributed by atoms with van der Waals surface area (Å²) in [7, 11) is 0. The van der Waals surface area contributed by atoms with Crippen LogP contribution in [0.15, 0.2) is 158 Å². The van der Waals surface area contributed by atoms with Gasteiger partial charge in [0, 0.05) is 5.92 Å². The standard InChI is InChI=1S/C41H34/c1-29(2)34-21-13-22-36(27-34)39-24-14-23-37(41(39)33-19-11-6-12-20-33)30(3)40-28-35(31-15-7-4-8-16-31)25-26-38(40)32-17-9-5-10-18-32/h4-28,30H,1H2,2-3H3/t30-/m0/s1. The number of allylic oxidation sites excluding steroid dienone is 1. The molecule has 0 saturated carbocycles. The molecular weight excluding hydrogens is 492 g/mol. The van der Waals surface area contributed by atoms with Gasteiger partial charge in [0.2, 0.25) is 0 Å².